The third-order valence-corrected chi connectivity index (χ3v) is 3.94. The normalized spacial score (nSPS) is 19.1. The maximum atomic E-state index is 4.46. The molecule has 6 heteroatoms. The lowest BCUT2D eigenvalue weighted by Gasteiger charge is -2.35. The van der Waals surface area contributed by atoms with Crippen LogP contribution in [0.15, 0.2) is 30.9 Å². The molecule has 6 nitrogen and oxygen atoms in total. The summed E-state index contributed by atoms with van der Waals surface area (Å²) in [5, 5.41) is 4.36. The predicted octanol–water partition coefficient (Wildman–Crippen LogP) is 0.971. The van der Waals surface area contributed by atoms with E-state index in [1.54, 1.807) is 18.7 Å². The van der Waals surface area contributed by atoms with Gasteiger partial charge in [0.2, 0.25) is 0 Å². The fourth-order valence-corrected chi connectivity index (χ4v) is 2.59. The summed E-state index contributed by atoms with van der Waals surface area (Å²) in [6.07, 6.45) is 5.19. The van der Waals surface area contributed by atoms with Gasteiger partial charge in [-0.3, -0.25) is 9.88 Å². The van der Waals surface area contributed by atoms with Gasteiger partial charge in [0.25, 0.3) is 0 Å². The Hall–Kier alpha value is -1.79. The highest BCUT2D eigenvalue weighted by Crippen LogP contribution is 2.21. The first-order valence-corrected chi connectivity index (χ1v) is 6.98. The molecule has 0 aromatic carbocycles. The summed E-state index contributed by atoms with van der Waals surface area (Å²) in [5.41, 5.74) is 1.01. The number of hydrogen-bond acceptors (Lipinski definition) is 5. The molecule has 0 bridgehead atoms. The van der Waals surface area contributed by atoms with Crippen molar-refractivity contribution in [1.82, 2.24) is 29.5 Å². The number of rotatable bonds is 3. The van der Waals surface area contributed by atoms with Gasteiger partial charge in [-0.25, -0.2) is 9.67 Å². The van der Waals surface area contributed by atoms with Crippen molar-refractivity contribution in [3.63, 3.8) is 0 Å². The van der Waals surface area contributed by atoms with Crippen LogP contribution < -0.4 is 0 Å². The summed E-state index contributed by atoms with van der Waals surface area (Å²) in [7, 11) is 2.17. The zero-order valence-electron chi connectivity index (χ0n) is 12.0. The second kappa shape index (κ2) is 5.68. The van der Waals surface area contributed by atoms with E-state index in [2.05, 4.69) is 38.8 Å². The average molecular weight is 272 g/mol. The molecule has 1 fully saturated rings. The van der Waals surface area contributed by atoms with Crippen LogP contribution in [0.4, 0.5) is 0 Å². The summed E-state index contributed by atoms with van der Waals surface area (Å²) in [4.78, 5) is 13.3. The first kappa shape index (κ1) is 13.2. The van der Waals surface area contributed by atoms with Gasteiger partial charge in [-0.05, 0) is 26.1 Å². The Bertz CT molecular complexity index is 544. The van der Waals surface area contributed by atoms with E-state index in [9.17, 15) is 0 Å². The van der Waals surface area contributed by atoms with Crippen LogP contribution in [-0.4, -0.2) is 62.8 Å². The molecule has 0 amide bonds. The Morgan fingerprint density at radius 1 is 1.10 bits per heavy atom. The molecule has 1 saturated heterocycles. The SMILES string of the molecule is C[C@@H](c1ncnn1-c1ccncc1)N1CCN(C)CC1. The van der Waals surface area contributed by atoms with Gasteiger partial charge in [-0.2, -0.15) is 5.10 Å². The van der Waals surface area contributed by atoms with E-state index in [0.717, 1.165) is 37.7 Å². The standard InChI is InChI=1S/C14H20N6/c1-12(19-9-7-18(2)8-10-19)14-16-11-17-20(14)13-3-5-15-6-4-13/h3-6,11-12H,7-10H2,1-2H3/t12-/m0/s1. The molecule has 0 radical (unpaired) electrons. The van der Waals surface area contributed by atoms with Gasteiger partial charge >= 0.3 is 0 Å². The van der Waals surface area contributed by atoms with Crippen LogP contribution in [0, 0.1) is 0 Å². The minimum absolute atomic E-state index is 0.263. The Balaban J connectivity index is 1.82. The van der Waals surface area contributed by atoms with Crippen molar-refractivity contribution in [1.29, 1.82) is 0 Å². The van der Waals surface area contributed by atoms with Gasteiger partial charge in [0, 0.05) is 38.6 Å². The monoisotopic (exact) mass is 272 g/mol. The van der Waals surface area contributed by atoms with E-state index >= 15 is 0 Å². The number of nitrogens with zero attached hydrogens (tertiary/aromatic N) is 6. The van der Waals surface area contributed by atoms with E-state index in [1.807, 2.05) is 16.8 Å². The summed E-state index contributed by atoms with van der Waals surface area (Å²) < 4.78 is 1.91. The number of hydrogen-bond donors (Lipinski definition) is 0. The fraction of sp³-hybridized carbons (Fsp3) is 0.500. The highest BCUT2D eigenvalue weighted by atomic mass is 15.4. The van der Waals surface area contributed by atoms with Crippen LogP contribution >= 0.6 is 0 Å². The first-order valence-electron chi connectivity index (χ1n) is 6.98. The van der Waals surface area contributed by atoms with Crippen LogP contribution in [0.3, 0.4) is 0 Å². The molecule has 2 aromatic heterocycles. The average Bonchev–Trinajstić information content (AvgIpc) is 2.97. The molecule has 3 heterocycles. The lowest BCUT2D eigenvalue weighted by atomic mass is 10.2. The molecule has 1 atom stereocenters. The lowest BCUT2D eigenvalue weighted by Crippen LogP contribution is -2.45. The number of aromatic nitrogens is 4. The number of likely N-dealkylation sites (N-methyl/N-ethyl adjacent to an activating group) is 1. The topological polar surface area (TPSA) is 50.1 Å². The Morgan fingerprint density at radius 3 is 2.50 bits per heavy atom. The summed E-state index contributed by atoms with van der Waals surface area (Å²) in [6, 6.07) is 4.17. The Labute approximate surface area is 119 Å². The molecule has 3 rings (SSSR count). The molecular formula is C14H20N6. The molecule has 0 spiro atoms. The zero-order chi connectivity index (χ0) is 13.9. The lowest BCUT2D eigenvalue weighted by molar-refractivity contribution is 0.114. The van der Waals surface area contributed by atoms with E-state index in [4.69, 9.17) is 0 Å². The van der Waals surface area contributed by atoms with Gasteiger partial charge < -0.3 is 4.90 Å². The first-order chi connectivity index (χ1) is 9.75. The second-order valence-corrected chi connectivity index (χ2v) is 5.25. The molecule has 0 saturated carbocycles. The molecule has 1 aliphatic rings. The van der Waals surface area contributed by atoms with E-state index < -0.39 is 0 Å². The van der Waals surface area contributed by atoms with E-state index in [1.165, 1.54) is 0 Å². The van der Waals surface area contributed by atoms with Gasteiger partial charge in [0.05, 0.1) is 11.7 Å². The van der Waals surface area contributed by atoms with Crippen LogP contribution in [0.5, 0.6) is 0 Å². The Kier molecular flexibility index (Phi) is 3.75. The van der Waals surface area contributed by atoms with Gasteiger partial charge in [-0.1, -0.05) is 0 Å². The van der Waals surface area contributed by atoms with Gasteiger partial charge in [-0.15, -0.1) is 0 Å². The highest BCUT2D eigenvalue weighted by Gasteiger charge is 2.24. The number of piperazine rings is 1. The van der Waals surface area contributed by atoms with Crippen molar-refractivity contribution in [2.75, 3.05) is 33.2 Å². The van der Waals surface area contributed by atoms with Crippen molar-refractivity contribution >= 4 is 0 Å². The third kappa shape index (κ3) is 2.57. The second-order valence-electron chi connectivity index (χ2n) is 5.25. The van der Waals surface area contributed by atoms with E-state index in [-0.39, 0.29) is 6.04 Å². The molecule has 106 valence electrons. The maximum absolute atomic E-state index is 4.46. The summed E-state index contributed by atoms with van der Waals surface area (Å²) >= 11 is 0. The molecule has 20 heavy (non-hydrogen) atoms. The van der Waals surface area contributed by atoms with Crippen molar-refractivity contribution in [3.05, 3.63) is 36.7 Å². The molecule has 1 aliphatic heterocycles. The van der Waals surface area contributed by atoms with Gasteiger partial charge in [0.1, 0.15) is 12.2 Å². The minimum atomic E-state index is 0.263. The largest absolute Gasteiger partial charge is 0.304 e. The van der Waals surface area contributed by atoms with Crippen molar-refractivity contribution < 1.29 is 0 Å². The van der Waals surface area contributed by atoms with Crippen LogP contribution in [0.25, 0.3) is 5.69 Å². The summed E-state index contributed by atoms with van der Waals surface area (Å²) in [5.74, 6) is 0.987. The molecule has 0 N–H and O–H groups in total. The van der Waals surface area contributed by atoms with Crippen LogP contribution in [0.1, 0.15) is 18.8 Å². The van der Waals surface area contributed by atoms with Crippen molar-refractivity contribution in [2.24, 2.45) is 0 Å². The van der Waals surface area contributed by atoms with Crippen LogP contribution in [-0.2, 0) is 0 Å². The predicted molar refractivity (Wildman–Crippen MR) is 76.6 cm³/mol. The minimum Gasteiger partial charge on any atom is -0.304 e. The van der Waals surface area contributed by atoms with E-state index in [0.29, 0.717) is 0 Å². The molecular weight excluding hydrogens is 252 g/mol. The smallest absolute Gasteiger partial charge is 0.149 e. The quantitative estimate of drug-likeness (QED) is 0.833. The fourth-order valence-electron chi connectivity index (χ4n) is 2.59. The van der Waals surface area contributed by atoms with Crippen LogP contribution in [0.2, 0.25) is 0 Å². The zero-order valence-corrected chi connectivity index (χ0v) is 12.0. The van der Waals surface area contributed by atoms with Crippen molar-refractivity contribution in [3.8, 4) is 5.69 Å². The molecule has 2 aromatic rings. The highest BCUT2D eigenvalue weighted by molar-refractivity contribution is 5.28. The maximum Gasteiger partial charge on any atom is 0.149 e. The number of pyridine rings is 1. The summed E-state index contributed by atoms with van der Waals surface area (Å²) in [6.45, 7) is 6.55. The van der Waals surface area contributed by atoms with Gasteiger partial charge in [0.15, 0.2) is 0 Å². The Morgan fingerprint density at radius 2 is 1.80 bits per heavy atom. The van der Waals surface area contributed by atoms with Crippen molar-refractivity contribution in [2.45, 2.75) is 13.0 Å². The third-order valence-electron chi connectivity index (χ3n) is 3.94. The molecule has 0 unspecified atom stereocenters. The molecule has 0 aliphatic carbocycles.